The highest BCUT2D eigenvalue weighted by atomic mass is 32.1. The largest absolute Gasteiger partial charge is 0.481 e. The van der Waals surface area contributed by atoms with Crippen LogP contribution in [0.3, 0.4) is 0 Å². The number of aromatic nitrogens is 2. The van der Waals surface area contributed by atoms with Crippen molar-refractivity contribution in [2.24, 2.45) is 5.92 Å². The van der Waals surface area contributed by atoms with Gasteiger partial charge in [0.2, 0.25) is 0 Å². The van der Waals surface area contributed by atoms with Crippen molar-refractivity contribution in [2.75, 3.05) is 13.1 Å². The van der Waals surface area contributed by atoms with Gasteiger partial charge in [-0.15, -0.1) is 11.3 Å². The van der Waals surface area contributed by atoms with Gasteiger partial charge in [0.05, 0.1) is 11.4 Å². The molecule has 1 saturated heterocycles. The van der Waals surface area contributed by atoms with E-state index in [1.807, 2.05) is 17.5 Å². The molecule has 7 heteroatoms. The molecule has 2 aromatic heterocycles. The molecule has 0 aliphatic carbocycles. The van der Waals surface area contributed by atoms with Crippen LogP contribution in [0, 0.1) is 5.92 Å². The third-order valence-electron chi connectivity index (χ3n) is 3.63. The Bertz CT molecular complexity index is 596. The molecule has 21 heavy (non-hydrogen) atoms. The summed E-state index contributed by atoms with van der Waals surface area (Å²) >= 11 is 1.57. The average Bonchev–Trinajstić information content (AvgIpc) is 3.08. The van der Waals surface area contributed by atoms with Gasteiger partial charge in [0.15, 0.2) is 5.82 Å². The fourth-order valence-electron chi connectivity index (χ4n) is 2.73. The summed E-state index contributed by atoms with van der Waals surface area (Å²) in [5.74, 6) is 0.717. The second-order valence-electron chi connectivity index (χ2n) is 5.33. The fourth-order valence-corrected chi connectivity index (χ4v) is 3.37. The van der Waals surface area contributed by atoms with Crippen molar-refractivity contribution in [3.8, 4) is 10.8 Å². The number of thiophene rings is 1. The summed E-state index contributed by atoms with van der Waals surface area (Å²) < 4.78 is 5.27. The molecular formula is C14H17N3O3S. The Morgan fingerprint density at radius 1 is 1.57 bits per heavy atom. The first-order valence-corrected chi connectivity index (χ1v) is 7.89. The summed E-state index contributed by atoms with van der Waals surface area (Å²) in [5.41, 5.74) is 0. The van der Waals surface area contributed by atoms with Crippen molar-refractivity contribution in [1.82, 2.24) is 15.0 Å². The molecule has 1 N–H and O–H groups in total. The Morgan fingerprint density at radius 2 is 2.48 bits per heavy atom. The van der Waals surface area contributed by atoms with Crippen LogP contribution in [0.1, 0.15) is 25.1 Å². The molecule has 0 saturated carbocycles. The van der Waals surface area contributed by atoms with E-state index < -0.39 is 5.97 Å². The van der Waals surface area contributed by atoms with E-state index in [1.165, 1.54) is 0 Å². The molecular weight excluding hydrogens is 290 g/mol. The fraction of sp³-hybridized carbons (Fsp3) is 0.500. The molecule has 1 aliphatic rings. The van der Waals surface area contributed by atoms with Crippen molar-refractivity contribution in [3.63, 3.8) is 0 Å². The van der Waals surface area contributed by atoms with Gasteiger partial charge in [-0.1, -0.05) is 11.2 Å². The Labute approximate surface area is 126 Å². The van der Waals surface area contributed by atoms with Gasteiger partial charge >= 0.3 is 5.97 Å². The number of likely N-dealkylation sites (tertiary alicyclic amines) is 1. The van der Waals surface area contributed by atoms with Gasteiger partial charge in [0, 0.05) is 13.0 Å². The van der Waals surface area contributed by atoms with Gasteiger partial charge in [-0.3, -0.25) is 9.69 Å². The minimum Gasteiger partial charge on any atom is -0.481 e. The van der Waals surface area contributed by atoms with E-state index >= 15 is 0 Å². The molecule has 1 atom stereocenters. The zero-order valence-corrected chi connectivity index (χ0v) is 12.4. The first-order chi connectivity index (χ1) is 10.2. The zero-order chi connectivity index (χ0) is 14.7. The average molecular weight is 307 g/mol. The number of hydrogen-bond acceptors (Lipinski definition) is 6. The van der Waals surface area contributed by atoms with E-state index in [2.05, 4.69) is 15.0 Å². The summed E-state index contributed by atoms with van der Waals surface area (Å²) in [4.78, 5) is 18.4. The summed E-state index contributed by atoms with van der Waals surface area (Å²) in [6.07, 6.45) is 2.24. The van der Waals surface area contributed by atoms with Crippen LogP contribution in [0.15, 0.2) is 22.0 Å². The normalized spacial score (nSPS) is 19.7. The maximum Gasteiger partial charge on any atom is 0.303 e. The van der Waals surface area contributed by atoms with Crippen LogP contribution >= 0.6 is 11.3 Å². The Balaban J connectivity index is 1.60. The molecule has 3 rings (SSSR count). The topological polar surface area (TPSA) is 79.5 Å². The summed E-state index contributed by atoms with van der Waals surface area (Å²) in [5, 5.41) is 14.9. The van der Waals surface area contributed by atoms with E-state index in [9.17, 15) is 4.79 Å². The third kappa shape index (κ3) is 3.68. The lowest BCUT2D eigenvalue weighted by molar-refractivity contribution is -0.138. The number of carbonyl (C=O) groups is 1. The van der Waals surface area contributed by atoms with E-state index in [4.69, 9.17) is 9.63 Å². The van der Waals surface area contributed by atoms with Crippen LogP contribution in [0.4, 0.5) is 0 Å². The van der Waals surface area contributed by atoms with Crippen LogP contribution < -0.4 is 0 Å². The van der Waals surface area contributed by atoms with Crippen molar-refractivity contribution in [3.05, 3.63) is 23.3 Å². The number of hydrogen-bond donors (Lipinski definition) is 1. The summed E-state index contributed by atoms with van der Waals surface area (Å²) in [7, 11) is 0. The Hall–Kier alpha value is -1.73. The first kappa shape index (κ1) is 14.2. The minimum atomic E-state index is -0.721. The predicted molar refractivity (Wildman–Crippen MR) is 77.9 cm³/mol. The number of aliphatic carboxylic acids is 1. The minimum absolute atomic E-state index is 0.222. The lowest BCUT2D eigenvalue weighted by Crippen LogP contribution is -2.36. The number of nitrogens with zero attached hydrogens (tertiary/aromatic N) is 3. The van der Waals surface area contributed by atoms with Gasteiger partial charge in [0.25, 0.3) is 5.89 Å². The monoisotopic (exact) mass is 307 g/mol. The molecule has 1 aliphatic heterocycles. The van der Waals surface area contributed by atoms with Gasteiger partial charge < -0.3 is 9.63 Å². The van der Waals surface area contributed by atoms with E-state index in [0.717, 1.165) is 30.8 Å². The van der Waals surface area contributed by atoms with Crippen LogP contribution in [0.2, 0.25) is 0 Å². The molecule has 6 nitrogen and oxygen atoms in total. The van der Waals surface area contributed by atoms with Crippen molar-refractivity contribution < 1.29 is 14.4 Å². The molecule has 0 bridgehead atoms. The van der Waals surface area contributed by atoms with E-state index in [0.29, 0.717) is 18.3 Å². The SMILES string of the molecule is O=C(O)CC1CCCN(Cc2noc(-c3cccs3)n2)C1. The molecule has 3 heterocycles. The van der Waals surface area contributed by atoms with Crippen LogP contribution in [0.5, 0.6) is 0 Å². The van der Waals surface area contributed by atoms with Gasteiger partial charge in [-0.2, -0.15) is 4.98 Å². The number of piperidine rings is 1. The molecule has 1 unspecified atom stereocenters. The molecule has 112 valence electrons. The second-order valence-corrected chi connectivity index (χ2v) is 6.28. The molecule has 2 aromatic rings. The predicted octanol–water partition coefficient (Wildman–Crippen LogP) is 2.48. The van der Waals surface area contributed by atoms with E-state index in [1.54, 1.807) is 11.3 Å². The van der Waals surface area contributed by atoms with Crippen molar-refractivity contribution in [2.45, 2.75) is 25.8 Å². The highest BCUT2D eigenvalue weighted by Crippen LogP contribution is 2.24. The third-order valence-corrected chi connectivity index (χ3v) is 4.49. The molecule has 0 amide bonds. The van der Waals surface area contributed by atoms with E-state index in [-0.39, 0.29) is 12.3 Å². The number of carboxylic acids is 1. The highest BCUT2D eigenvalue weighted by Gasteiger charge is 2.23. The van der Waals surface area contributed by atoms with Gasteiger partial charge in [-0.05, 0) is 36.8 Å². The standard InChI is InChI=1S/C14H17N3O3S/c18-13(19)7-10-3-1-5-17(8-10)9-12-15-14(20-16-12)11-4-2-6-21-11/h2,4,6,10H,1,3,5,7-9H2,(H,18,19). The number of carboxylic acid groups (broad SMARTS) is 1. The van der Waals surface area contributed by atoms with Crippen LogP contribution in [-0.4, -0.2) is 39.2 Å². The van der Waals surface area contributed by atoms with Crippen LogP contribution in [0.25, 0.3) is 10.8 Å². The molecule has 0 aromatic carbocycles. The maximum atomic E-state index is 10.8. The quantitative estimate of drug-likeness (QED) is 0.914. The Morgan fingerprint density at radius 3 is 3.24 bits per heavy atom. The smallest absolute Gasteiger partial charge is 0.303 e. The van der Waals surface area contributed by atoms with Crippen molar-refractivity contribution in [1.29, 1.82) is 0 Å². The second kappa shape index (κ2) is 6.36. The first-order valence-electron chi connectivity index (χ1n) is 7.01. The van der Waals surface area contributed by atoms with Crippen molar-refractivity contribution >= 4 is 17.3 Å². The number of rotatable bonds is 5. The lowest BCUT2D eigenvalue weighted by atomic mass is 9.95. The Kier molecular flexibility index (Phi) is 4.31. The maximum absolute atomic E-state index is 10.8. The van der Waals surface area contributed by atoms with Gasteiger partial charge in [0.1, 0.15) is 0 Å². The summed E-state index contributed by atoms with van der Waals surface area (Å²) in [6.45, 7) is 2.36. The molecule has 1 fully saturated rings. The zero-order valence-electron chi connectivity index (χ0n) is 11.6. The summed E-state index contributed by atoms with van der Waals surface area (Å²) in [6, 6.07) is 3.90. The molecule has 0 radical (unpaired) electrons. The highest BCUT2D eigenvalue weighted by molar-refractivity contribution is 7.13. The molecule has 0 spiro atoms. The van der Waals surface area contributed by atoms with Gasteiger partial charge in [-0.25, -0.2) is 0 Å². The lowest BCUT2D eigenvalue weighted by Gasteiger charge is -2.30. The van der Waals surface area contributed by atoms with Crippen LogP contribution in [-0.2, 0) is 11.3 Å².